The molecule has 19 heavy (non-hydrogen) atoms. The van der Waals surface area contributed by atoms with Crippen LogP contribution in [-0.2, 0) is 19.0 Å². The molecule has 0 aliphatic heterocycles. The van der Waals surface area contributed by atoms with Crippen molar-refractivity contribution in [1.82, 2.24) is 0 Å². The van der Waals surface area contributed by atoms with Crippen LogP contribution in [0.15, 0.2) is 23.7 Å². The van der Waals surface area contributed by atoms with Crippen LogP contribution in [-0.4, -0.2) is 31.2 Å². The van der Waals surface area contributed by atoms with Crippen molar-refractivity contribution in [3.8, 4) is 0 Å². The van der Waals surface area contributed by atoms with Crippen molar-refractivity contribution < 1.29 is 19.0 Å². The first-order valence-corrected chi connectivity index (χ1v) is 6.96. The Bertz CT molecular complexity index is 340. The van der Waals surface area contributed by atoms with E-state index in [1.54, 1.807) is 12.2 Å². The minimum Gasteiger partial charge on any atom is -0.490 e. The Morgan fingerprint density at radius 2 is 1.47 bits per heavy atom. The maximum absolute atomic E-state index is 12.2. The summed E-state index contributed by atoms with van der Waals surface area (Å²) in [6, 6.07) is 0. The molecule has 0 atom stereocenters. The summed E-state index contributed by atoms with van der Waals surface area (Å²) in [6.07, 6.45) is 5.16. The Hall–Kier alpha value is -1.29. The highest BCUT2D eigenvalue weighted by Gasteiger charge is 2.33. The lowest BCUT2D eigenvalue weighted by Crippen LogP contribution is -2.32. The van der Waals surface area contributed by atoms with E-state index in [1.165, 1.54) is 0 Å². The van der Waals surface area contributed by atoms with Crippen LogP contribution >= 0.6 is 0 Å². The Kier molecular flexibility index (Phi) is 6.09. The molecular formula is C15H24O4. The van der Waals surface area contributed by atoms with Gasteiger partial charge in [-0.1, -0.05) is 13.8 Å². The number of carbonyl (C=O) groups excluding carboxylic acids is 1. The third-order valence-electron chi connectivity index (χ3n) is 2.66. The monoisotopic (exact) mass is 268 g/mol. The zero-order valence-electron chi connectivity index (χ0n) is 12.3. The van der Waals surface area contributed by atoms with E-state index < -0.39 is 5.60 Å². The van der Waals surface area contributed by atoms with E-state index >= 15 is 0 Å². The zero-order chi connectivity index (χ0) is 14.3. The predicted octanol–water partition coefficient (Wildman–Crippen LogP) is 2.99. The normalized spacial score (nSPS) is 17.8. The third kappa shape index (κ3) is 4.39. The summed E-state index contributed by atoms with van der Waals surface area (Å²) in [5, 5.41) is 0. The molecule has 1 aliphatic rings. The Morgan fingerprint density at radius 3 is 1.84 bits per heavy atom. The van der Waals surface area contributed by atoms with E-state index in [0.717, 1.165) is 12.8 Å². The first kappa shape index (κ1) is 15.8. The van der Waals surface area contributed by atoms with Gasteiger partial charge in [0.05, 0.1) is 13.2 Å². The summed E-state index contributed by atoms with van der Waals surface area (Å²) < 4.78 is 16.7. The summed E-state index contributed by atoms with van der Waals surface area (Å²) in [7, 11) is 0. The van der Waals surface area contributed by atoms with E-state index in [9.17, 15) is 4.79 Å². The zero-order valence-corrected chi connectivity index (χ0v) is 12.3. The maximum Gasteiger partial charge on any atom is 0.261 e. The van der Waals surface area contributed by atoms with Gasteiger partial charge in [0.15, 0.2) is 11.5 Å². The molecule has 0 unspecified atom stereocenters. The smallest absolute Gasteiger partial charge is 0.261 e. The summed E-state index contributed by atoms with van der Waals surface area (Å²) >= 11 is 0. The van der Waals surface area contributed by atoms with Gasteiger partial charge < -0.3 is 14.2 Å². The van der Waals surface area contributed by atoms with Gasteiger partial charge in [-0.2, -0.15) is 0 Å². The number of hydrogen-bond acceptors (Lipinski definition) is 4. The molecule has 0 saturated heterocycles. The quantitative estimate of drug-likeness (QED) is 0.679. The number of ether oxygens (including phenoxy) is 3. The first-order valence-electron chi connectivity index (χ1n) is 6.96. The molecular weight excluding hydrogens is 244 g/mol. The van der Waals surface area contributed by atoms with Gasteiger partial charge in [0.25, 0.3) is 5.78 Å². The van der Waals surface area contributed by atoms with Gasteiger partial charge >= 0.3 is 0 Å². The molecule has 4 nitrogen and oxygen atoms in total. The summed E-state index contributed by atoms with van der Waals surface area (Å²) in [5.74, 6) is 0.455. The van der Waals surface area contributed by atoms with Gasteiger partial charge in [-0.25, -0.2) is 0 Å². The van der Waals surface area contributed by atoms with Crippen LogP contribution in [0.5, 0.6) is 0 Å². The van der Waals surface area contributed by atoms with Crippen molar-refractivity contribution in [2.75, 3.05) is 19.8 Å². The molecule has 0 fully saturated rings. The fourth-order valence-corrected chi connectivity index (χ4v) is 1.85. The molecule has 0 spiro atoms. The molecule has 0 saturated carbocycles. The number of carbonyl (C=O) groups is 1. The molecule has 0 heterocycles. The van der Waals surface area contributed by atoms with Gasteiger partial charge in [-0.3, -0.25) is 4.79 Å². The van der Waals surface area contributed by atoms with Crippen molar-refractivity contribution in [2.24, 2.45) is 0 Å². The lowest BCUT2D eigenvalue weighted by molar-refractivity contribution is -0.120. The highest BCUT2D eigenvalue weighted by Crippen LogP contribution is 2.27. The van der Waals surface area contributed by atoms with Crippen LogP contribution in [0.2, 0.25) is 0 Å². The van der Waals surface area contributed by atoms with Crippen molar-refractivity contribution in [2.45, 2.75) is 46.1 Å². The van der Waals surface area contributed by atoms with E-state index in [-0.39, 0.29) is 5.78 Å². The predicted molar refractivity (Wildman–Crippen MR) is 73.7 cm³/mol. The lowest BCUT2D eigenvalue weighted by Gasteiger charge is -2.28. The average Bonchev–Trinajstić information content (AvgIpc) is 2.38. The minimum atomic E-state index is -0.644. The van der Waals surface area contributed by atoms with E-state index in [1.807, 2.05) is 27.7 Å². The average molecular weight is 268 g/mol. The lowest BCUT2D eigenvalue weighted by atomic mass is 9.96. The van der Waals surface area contributed by atoms with Crippen molar-refractivity contribution in [1.29, 1.82) is 0 Å². The Balaban J connectivity index is 2.92. The van der Waals surface area contributed by atoms with Gasteiger partial charge in [-0.05, 0) is 38.8 Å². The standard InChI is InChI=1S/C15H24O4/c1-5-8-17-12-10-15(4,19-7-3)11-13(14(12)16)18-9-6-2/h10-11H,5-9H2,1-4H3. The Morgan fingerprint density at radius 1 is 1.00 bits per heavy atom. The minimum absolute atomic E-state index is 0.195. The van der Waals surface area contributed by atoms with Crippen LogP contribution < -0.4 is 0 Å². The second-order valence-electron chi connectivity index (χ2n) is 4.66. The third-order valence-corrected chi connectivity index (χ3v) is 2.66. The summed E-state index contributed by atoms with van der Waals surface area (Å²) in [5.41, 5.74) is -0.644. The van der Waals surface area contributed by atoms with Gasteiger partial charge in [-0.15, -0.1) is 0 Å². The number of Topliss-reactive ketones (excluding diaryl/α,β-unsaturated/α-hetero) is 1. The van der Waals surface area contributed by atoms with Crippen LogP contribution in [0.25, 0.3) is 0 Å². The number of ketones is 1. The Labute approximate surface area is 115 Å². The summed E-state index contributed by atoms with van der Waals surface area (Å²) in [4.78, 5) is 12.2. The molecule has 0 N–H and O–H groups in total. The number of hydrogen-bond donors (Lipinski definition) is 0. The molecule has 0 aromatic carbocycles. The van der Waals surface area contributed by atoms with Crippen molar-refractivity contribution in [3.05, 3.63) is 23.7 Å². The fourth-order valence-electron chi connectivity index (χ4n) is 1.85. The molecule has 1 rings (SSSR count). The second kappa shape index (κ2) is 7.34. The highest BCUT2D eigenvalue weighted by molar-refractivity contribution is 6.06. The molecule has 0 bridgehead atoms. The molecule has 108 valence electrons. The maximum atomic E-state index is 12.2. The van der Waals surface area contributed by atoms with Gasteiger partial charge in [0.1, 0.15) is 5.60 Å². The van der Waals surface area contributed by atoms with E-state index in [4.69, 9.17) is 14.2 Å². The molecule has 0 aromatic heterocycles. The fraction of sp³-hybridized carbons (Fsp3) is 0.667. The van der Waals surface area contributed by atoms with Crippen LogP contribution in [0.4, 0.5) is 0 Å². The SMILES string of the molecule is CCCOC1=CC(C)(OCC)C=C(OCCC)C1=O. The van der Waals surface area contributed by atoms with Crippen molar-refractivity contribution >= 4 is 5.78 Å². The van der Waals surface area contributed by atoms with E-state index in [2.05, 4.69) is 0 Å². The largest absolute Gasteiger partial charge is 0.490 e. The molecule has 0 radical (unpaired) electrons. The topological polar surface area (TPSA) is 44.8 Å². The molecule has 0 amide bonds. The molecule has 4 heteroatoms. The van der Waals surface area contributed by atoms with Crippen molar-refractivity contribution in [3.63, 3.8) is 0 Å². The van der Waals surface area contributed by atoms with Crippen LogP contribution in [0, 0.1) is 0 Å². The number of rotatable bonds is 8. The first-order chi connectivity index (χ1) is 9.06. The summed E-state index contributed by atoms with van der Waals surface area (Å²) in [6.45, 7) is 9.40. The van der Waals surface area contributed by atoms with Gasteiger partial charge in [0.2, 0.25) is 0 Å². The highest BCUT2D eigenvalue weighted by atomic mass is 16.5. The van der Waals surface area contributed by atoms with Crippen LogP contribution in [0.3, 0.4) is 0 Å². The van der Waals surface area contributed by atoms with Crippen LogP contribution in [0.1, 0.15) is 40.5 Å². The second-order valence-corrected chi connectivity index (χ2v) is 4.66. The van der Waals surface area contributed by atoms with E-state index in [0.29, 0.717) is 31.3 Å². The molecule has 1 aliphatic carbocycles. The van der Waals surface area contributed by atoms with Gasteiger partial charge in [0, 0.05) is 6.61 Å². The molecule has 0 aromatic rings.